The van der Waals surface area contributed by atoms with Gasteiger partial charge in [-0.05, 0) is 6.42 Å². The summed E-state index contributed by atoms with van der Waals surface area (Å²) < 4.78 is 0. The van der Waals surface area contributed by atoms with Gasteiger partial charge in [0, 0.05) is 21.2 Å². The second-order valence-electron chi connectivity index (χ2n) is 4.72. The molecule has 0 spiro atoms. The van der Waals surface area contributed by atoms with Gasteiger partial charge in [-0.15, -0.1) is 0 Å². The van der Waals surface area contributed by atoms with Crippen LogP contribution >= 0.6 is 0 Å². The van der Waals surface area contributed by atoms with Gasteiger partial charge in [0.05, 0.1) is 12.9 Å². The molecule has 0 unspecified atom stereocenters. The summed E-state index contributed by atoms with van der Waals surface area (Å²) >= 11 is 0. The summed E-state index contributed by atoms with van der Waals surface area (Å²) in [6.45, 7) is 10.7. The molecule has 1 heterocycles. The minimum Gasteiger partial charge on any atom is -0.361 e. The summed E-state index contributed by atoms with van der Waals surface area (Å²) in [5.74, 6) is 0. The predicted octanol–water partition coefficient (Wildman–Crippen LogP) is 2.06. The van der Waals surface area contributed by atoms with Gasteiger partial charge in [0.1, 0.15) is 0 Å². The molecular weight excluding hydrogens is 164 g/mol. The van der Waals surface area contributed by atoms with E-state index in [2.05, 4.69) is 29.5 Å². The van der Waals surface area contributed by atoms with E-state index in [-0.39, 0.29) is 0 Å². The molecule has 0 N–H and O–H groups in total. The molecule has 1 aliphatic heterocycles. The second kappa shape index (κ2) is 4.08. The maximum Gasteiger partial charge on any atom is 0.0851 e. The van der Waals surface area contributed by atoms with Crippen molar-refractivity contribution >= 4 is 14.4 Å². The van der Waals surface area contributed by atoms with E-state index in [4.69, 9.17) is 0 Å². The first-order valence-electron chi connectivity index (χ1n) is 4.82. The molecule has 0 saturated heterocycles. The Bertz CT molecular complexity index is 160. The molecule has 12 heavy (non-hydrogen) atoms. The summed E-state index contributed by atoms with van der Waals surface area (Å²) in [7, 11) is -0.800. The molecule has 0 bridgehead atoms. The quantitative estimate of drug-likeness (QED) is 0.611. The maximum atomic E-state index is 4.19. The van der Waals surface area contributed by atoms with Crippen LogP contribution in [0.15, 0.2) is 4.99 Å². The van der Waals surface area contributed by atoms with Crippen LogP contribution in [-0.2, 0) is 0 Å². The van der Waals surface area contributed by atoms with Crippen molar-refractivity contribution < 1.29 is 0 Å². The highest BCUT2D eigenvalue weighted by molar-refractivity contribution is 6.76. The van der Waals surface area contributed by atoms with Gasteiger partial charge in [0.15, 0.2) is 0 Å². The predicted molar refractivity (Wildman–Crippen MR) is 57.7 cm³/mol. The number of rotatable bonds is 4. The van der Waals surface area contributed by atoms with Crippen LogP contribution in [0.3, 0.4) is 0 Å². The zero-order valence-corrected chi connectivity index (χ0v) is 9.51. The molecule has 0 aliphatic carbocycles. The van der Waals surface area contributed by atoms with Crippen molar-refractivity contribution in [3.8, 4) is 0 Å². The lowest BCUT2D eigenvalue weighted by molar-refractivity contribution is 0.464. The Morgan fingerprint density at radius 2 is 2.17 bits per heavy atom. The van der Waals surface area contributed by atoms with E-state index >= 15 is 0 Å². The van der Waals surface area contributed by atoms with E-state index in [1.165, 1.54) is 19.0 Å². The zero-order valence-electron chi connectivity index (χ0n) is 8.51. The van der Waals surface area contributed by atoms with Crippen LogP contribution in [0.5, 0.6) is 0 Å². The van der Waals surface area contributed by atoms with Gasteiger partial charge in [-0.25, -0.2) is 0 Å². The van der Waals surface area contributed by atoms with Crippen molar-refractivity contribution in [2.75, 3.05) is 19.6 Å². The van der Waals surface area contributed by atoms with Crippen LogP contribution < -0.4 is 0 Å². The fraction of sp³-hybridized carbons (Fsp3) is 0.889. The minimum absolute atomic E-state index is 0.800. The lowest BCUT2D eigenvalue weighted by Gasteiger charge is -2.18. The van der Waals surface area contributed by atoms with Crippen molar-refractivity contribution in [1.29, 1.82) is 0 Å². The van der Waals surface area contributed by atoms with Gasteiger partial charge >= 0.3 is 0 Å². The smallest absolute Gasteiger partial charge is 0.0851 e. The molecule has 3 heteroatoms. The van der Waals surface area contributed by atoms with Crippen molar-refractivity contribution in [2.45, 2.75) is 32.1 Å². The van der Waals surface area contributed by atoms with Crippen LogP contribution in [-0.4, -0.2) is 38.9 Å². The Hall–Kier alpha value is -0.313. The lowest BCUT2D eigenvalue weighted by Crippen LogP contribution is -2.25. The first kappa shape index (κ1) is 9.77. The first-order valence-corrected chi connectivity index (χ1v) is 8.53. The third-order valence-corrected chi connectivity index (χ3v) is 3.99. The molecule has 70 valence electrons. The molecule has 2 nitrogen and oxygen atoms in total. The third kappa shape index (κ3) is 3.90. The van der Waals surface area contributed by atoms with E-state index in [0.717, 1.165) is 13.1 Å². The average Bonchev–Trinajstić information content (AvgIpc) is 2.36. The Morgan fingerprint density at radius 1 is 1.42 bits per heavy atom. The Kier molecular flexibility index (Phi) is 3.32. The Morgan fingerprint density at radius 3 is 2.67 bits per heavy atom. The summed E-state index contributed by atoms with van der Waals surface area (Å²) in [6.07, 6.45) is 3.35. The van der Waals surface area contributed by atoms with Gasteiger partial charge in [-0.3, -0.25) is 4.99 Å². The molecule has 1 rings (SSSR count). The van der Waals surface area contributed by atoms with Crippen LogP contribution in [0.25, 0.3) is 0 Å². The lowest BCUT2D eigenvalue weighted by atomic mass is 10.4. The van der Waals surface area contributed by atoms with Gasteiger partial charge < -0.3 is 4.90 Å². The van der Waals surface area contributed by atoms with E-state index < -0.39 is 8.07 Å². The van der Waals surface area contributed by atoms with Crippen LogP contribution in [0.1, 0.15) is 6.42 Å². The number of hydrogen-bond donors (Lipinski definition) is 0. The fourth-order valence-electron chi connectivity index (χ4n) is 1.40. The Labute approximate surface area is 76.7 Å². The molecular formula is C9H20N2Si. The largest absolute Gasteiger partial charge is 0.361 e. The first-order chi connectivity index (χ1) is 5.58. The van der Waals surface area contributed by atoms with Crippen molar-refractivity contribution in [3.63, 3.8) is 0 Å². The molecule has 0 aromatic heterocycles. The molecule has 1 aliphatic rings. The highest BCUT2D eigenvalue weighted by Crippen LogP contribution is 2.11. The number of hydrogen-bond acceptors (Lipinski definition) is 2. The van der Waals surface area contributed by atoms with Crippen molar-refractivity contribution in [1.82, 2.24) is 4.90 Å². The average molecular weight is 184 g/mol. The van der Waals surface area contributed by atoms with Crippen LogP contribution in [0.4, 0.5) is 0 Å². The monoisotopic (exact) mass is 184 g/mol. The molecule has 0 aromatic rings. The SMILES string of the molecule is C[Si](C)(C)CCCN1C=NCC1. The summed E-state index contributed by atoms with van der Waals surface area (Å²) in [5.41, 5.74) is 0. The zero-order chi connectivity index (χ0) is 9.03. The van der Waals surface area contributed by atoms with E-state index in [1.807, 2.05) is 6.34 Å². The van der Waals surface area contributed by atoms with E-state index in [9.17, 15) is 0 Å². The highest BCUT2D eigenvalue weighted by Gasteiger charge is 2.13. The molecule has 0 amide bonds. The topological polar surface area (TPSA) is 15.6 Å². The van der Waals surface area contributed by atoms with E-state index in [1.54, 1.807) is 0 Å². The third-order valence-electron chi connectivity index (χ3n) is 2.13. The highest BCUT2D eigenvalue weighted by atomic mass is 28.3. The summed E-state index contributed by atoms with van der Waals surface area (Å²) in [5, 5.41) is 0. The summed E-state index contributed by atoms with van der Waals surface area (Å²) in [4.78, 5) is 6.53. The van der Waals surface area contributed by atoms with Crippen molar-refractivity contribution in [2.24, 2.45) is 4.99 Å². The molecule has 0 radical (unpaired) electrons. The molecule has 0 fully saturated rings. The number of aliphatic imine (C=N–C) groups is 1. The second-order valence-corrected chi connectivity index (χ2v) is 10.3. The molecule has 0 atom stereocenters. The number of nitrogens with zero attached hydrogens (tertiary/aromatic N) is 2. The minimum atomic E-state index is -0.800. The van der Waals surface area contributed by atoms with Crippen LogP contribution in [0, 0.1) is 0 Å². The van der Waals surface area contributed by atoms with Gasteiger partial charge in [-0.2, -0.15) is 0 Å². The maximum absolute atomic E-state index is 4.19. The van der Waals surface area contributed by atoms with Gasteiger partial charge in [0.25, 0.3) is 0 Å². The van der Waals surface area contributed by atoms with Crippen molar-refractivity contribution in [3.05, 3.63) is 0 Å². The molecule has 0 saturated carbocycles. The summed E-state index contributed by atoms with van der Waals surface area (Å²) in [6, 6.07) is 1.44. The fourth-order valence-corrected chi connectivity index (χ4v) is 2.62. The van der Waals surface area contributed by atoms with Crippen LogP contribution in [0.2, 0.25) is 25.7 Å². The Balaban J connectivity index is 2.06. The molecule has 0 aromatic carbocycles. The normalized spacial score (nSPS) is 17.4. The van der Waals surface area contributed by atoms with Gasteiger partial charge in [-0.1, -0.05) is 25.7 Å². The standard InChI is InChI=1S/C9H20N2Si/c1-12(2,3)8-4-6-11-7-5-10-9-11/h9H,4-8H2,1-3H3. The van der Waals surface area contributed by atoms with Gasteiger partial charge in [0.2, 0.25) is 0 Å². The van der Waals surface area contributed by atoms with E-state index in [0.29, 0.717) is 0 Å².